The van der Waals surface area contributed by atoms with Crippen molar-refractivity contribution in [3.8, 4) is 0 Å². The molecule has 1 aromatic carbocycles. The number of fused-ring (bicyclic) bond motifs is 1. The Labute approximate surface area is 139 Å². The summed E-state index contributed by atoms with van der Waals surface area (Å²) >= 11 is 1.46. The van der Waals surface area contributed by atoms with Gasteiger partial charge < -0.3 is 10.1 Å². The Bertz CT molecular complexity index is 716. The van der Waals surface area contributed by atoms with E-state index in [1.54, 1.807) is 3.96 Å². The lowest BCUT2D eigenvalue weighted by atomic mass is 9.96. The van der Waals surface area contributed by atoms with Crippen molar-refractivity contribution in [1.82, 2.24) is 9.27 Å². The monoisotopic (exact) mass is 334 g/mol. The van der Waals surface area contributed by atoms with Gasteiger partial charge in [-0.05, 0) is 25.0 Å². The lowest BCUT2D eigenvalue weighted by Gasteiger charge is -2.22. The predicted molar refractivity (Wildman–Crippen MR) is 92.1 cm³/mol. The van der Waals surface area contributed by atoms with Crippen LogP contribution in [0.2, 0.25) is 0 Å². The molecule has 6 heteroatoms. The first-order chi connectivity index (χ1) is 11.2. The van der Waals surface area contributed by atoms with Gasteiger partial charge in [0, 0.05) is 19.0 Å². The first-order valence-electron chi connectivity index (χ1n) is 8.26. The molecular formula is C17H22N2O3S. The molecule has 1 N–H and O–H groups in total. The number of carbonyl (C=O) groups excluding carboxylic acids is 1. The molecule has 1 heterocycles. The third kappa shape index (κ3) is 4.13. The van der Waals surface area contributed by atoms with Gasteiger partial charge in [0.1, 0.15) is 0 Å². The number of aromatic nitrogens is 1. The molecule has 5 nitrogen and oxygen atoms in total. The van der Waals surface area contributed by atoms with E-state index in [1.165, 1.54) is 30.8 Å². The SMILES string of the molecule is O=C(NC1CCCCC1)OCCCn1sc2ccccc2c1=O. The Kier molecular flexibility index (Phi) is 5.33. The average molecular weight is 334 g/mol. The van der Waals surface area contributed by atoms with Gasteiger partial charge in [-0.1, -0.05) is 42.9 Å². The van der Waals surface area contributed by atoms with Gasteiger partial charge in [0.15, 0.2) is 0 Å². The van der Waals surface area contributed by atoms with Gasteiger partial charge in [-0.25, -0.2) is 4.79 Å². The highest BCUT2D eigenvalue weighted by molar-refractivity contribution is 7.13. The molecule has 1 aromatic heterocycles. The van der Waals surface area contributed by atoms with Crippen molar-refractivity contribution in [2.24, 2.45) is 0 Å². The molecule has 0 saturated heterocycles. The van der Waals surface area contributed by atoms with E-state index >= 15 is 0 Å². The van der Waals surface area contributed by atoms with Gasteiger partial charge in [0.05, 0.1) is 16.7 Å². The summed E-state index contributed by atoms with van der Waals surface area (Å²) in [6.45, 7) is 0.911. The summed E-state index contributed by atoms with van der Waals surface area (Å²) in [4.78, 5) is 23.9. The Morgan fingerprint density at radius 2 is 2.04 bits per heavy atom. The van der Waals surface area contributed by atoms with Crippen molar-refractivity contribution < 1.29 is 9.53 Å². The summed E-state index contributed by atoms with van der Waals surface area (Å²) in [5.74, 6) is 0. The fraction of sp³-hybridized carbons (Fsp3) is 0.529. The van der Waals surface area contributed by atoms with Gasteiger partial charge in [-0.2, -0.15) is 0 Å². The highest BCUT2D eigenvalue weighted by atomic mass is 32.1. The predicted octanol–water partition coefficient (Wildman–Crippen LogP) is 3.51. The molecule has 1 aliphatic carbocycles. The van der Waals surface area contributed by atoms with Crippen LogP contribution in [0.1, 0.15) is 38.5 Å². The molecule has 1 amide bonds. The fourth-order valence-electron chi connectivity index (χ4n) is 2.99. The van der Waals surface area contributed by atoms with E-state index in [1.807, 2.05) is 24.3 Å². The van der Waals surface area contributed by atoms with Gasteiger partial charge in [0.2, 0.25) is 0 Å². The van der Waals surface area contributed by atoms with E-state index in [2.05, 4.69) is 5.32 Å². The fourth-order valence-corrected chi connectivity index (χ4v) is 4.03. The van der Waals surface area contributed by atoms with Crippen LogP contribution in [0.5, 0.6) is 0 Å². The topological polar surface area (TPSA) is 60.3 Å². The van der Waals surface area contributed by atoms with Crippen molar-refractivity contribution in [2.75, 3.05) is 6.61 Å². The second-order valence-corrected chi connectivity index (χ2v) is 7.03. The zero-order valence-corrected chi connectivity index (χ0v) is 13.9. The van der Waals surface area contributed by atoms with Gasteiger partial charge in [-0.15, -0.1) is 0 Å². The largest absolute Gasteiger partial charge is 0.449 e. The maximum atomic E-state index is 12.2. The van der Waals surface area contributed by atoms with E-state index in [0.717, 1.165) is 22.9 Å². The highest BCUT2D eigenvalue weighted by Crippen LogP contribution is 2.17. The Morgan fingerprint density at radius 1 is 1.26 bits per heavy atom. The molecule has 0 radical (unpaired) electrons. The average Bonchev–Trinajstić information content (AvgIpc) is 2.89. The number of hydrogen-bond acceptors (Lipinski definition) is 4. The van der Waals surface area contributed by atoms with Crippen LogP contribution >= 0.6 is 11.5 Å². The summed E-state index contributed by atoms with van der Waals surface area (Å²) in [7, 11) is 0. The quantitative estimate of drug-likeness (QED) is 0.851. The van der Waals surface area contributed by atoms with Crippen LogP contribution in [0.3, 0.4) is 0 Å². The van der Waals surface area contributed by atoms with E-state index in [4.69, 9.17) is 4.74 Å². The Hall–Kier alpha value is -1.82. The molecule has 1 fully saturated rings. The van der Waals surface area contributed by atoms with Crippen LogP contribution in [0.25, 0.3) is 10.1 Å². The second-order valence-electron chi connectivity index (χ2n) is 5.96. The summed E-state index contributed by atoms with van der Waals surface area (Å²) in [5.41, 5.74) is 0.0391. The molecule has 0 spiro atoms. The number of carbonyl (C=O) groups is 1. The summed E-state index contributed by atoms with van der Waals surface area (Å²) in [6.07, 6.45) is 6.03. The normalized spacial score (nSPS) is 15.7. The van der Waals surface area contributed by atoms with Crippen molar-refractivity contribution >= 4 is 27.7 Å². The molecule has 0 unspecified atom stereocenters. The van der Waals surface area contributed by atoms with Gasteiger partial charge >= 0.3 is 6.09 Å². The number of rotatable bonds is 5. The number of benzene rings is 1. The smallest absolute Gasteiger partial charge is 0.407 e. The van der Waals surface area contributed by atoms with E-state index in [9.17, 15) is 9.59 Å². The molecule has 2 aromatic rings. The zero-order valence-electron chi connectivity index (χ0n) is 13.1. The minimum atomic E-state index is -0.333. The number of nitrogens with one attached hydrogen (secondary N) is 1. The van der Waals surface area contributed by atoms with Gasteiger partial charge in [-0.3, -0.25) is 8.75 Å². The highest BCUT2D eigenvalue weighted by Gasteiger charge is 2.16. The molecule has 3 rings (SSSR count). The van der Waals surface area contributed by atoms with Crippen LogP contribution in [0.15, 0.2) is 29.1 Å². The van der Waals surface area contributed by atoms with Crippen molar-refractivity contribution in [3.63, 3.8) is 0 Å². The Morgan fingerprint density at radius 3 is 2.83 bits per heavy atom. The van der Waals surface area contributed by atoms with Crippen molar-refractivity contribution in [3.05, 3.63) is 34.6 Å². The van der Waals surface area contributed by atoms with Gasteiger partial charge in [0.25, 0.3) is 5.56 Å². The van der Waals surface area contributed by atoms with E-state index in [-0.39, 0.29) is 17.7 Å². The molecule has 0 aliphatic heterocycles. The summed E-state index contributed by atoms with van der Waals surface area (Å²) in [6, 6.07) is 7.87. The summed E-state index contributed by atoms with van der Waals surface area (Å²) in [5, 5.41) is 3.68. The second kappa shape index (κ2) is 7.64. The molecule has 1 saturated carbocycles. The molecule has 23 heavy (non-hydrogen) atoms. The van der Waals surface area contributed by atoms with Crippen LogP contribution in [0, 0.1) is 0 Å². The lowest BCUT2D eigenvalue weighted by Crippen LogP contribution is -2.36. The number of ether oxygens (including phenoxy) is 1. The maximum Gasteiger partial charge on any atom is 0.407 e. The number of nitrogens with zero attached hydrogens (tertiary/aromatic N) is 1. The zero-order chi connectivity index (χ0) is 16.1. The minimum Gasteiger partial charge on any atom is -0.449 e. The van der Waals surface area contributed by atoms with Crippen molar-refractivity contribution in [2.45, 2.75) is 51.1 Å². The number of amides is 1. The lowest BCUT2D eigenvalue weighted by molar-refractivity contribution is 0.137. The standard InChI is InChI=1S/C17H22N2O3S/c20-16-14-9-4-5-10-15(14)23-19(16)11-6-12-22-17(21)18-13-7-2-1-3-8-13/h4-5,9-10,13H,1-3,6-8,11-12H2,(H,18,21). The van der Waals surface area contributed by atoms with Crippen LogP contribution < -0.4 is 10.9 Å². The summed E-state index contributed by atoms with van der Waals surface area (Å²) < 4.78 is 7.94. The Balaban J connectivity index is 1.43. The minimum absolute atomic E-state index is 0.0391. The maximum absolute atomic E-state index is 12.2. The molecule has 0 atom stereocenters. The number of alkyl carbamates (subject to hydrolysis) is 1. The van der Waals surface area contributed by atoms with E-state index in [0.29, 0.717) is 19.6 Å². The number of aryl methyl sites for hydroxylation is 1. The van der Waals surface area contributed by atoms with Crippen LogP contribution in [0.4, 0.5) is 4.79 Å². The van der Waals surface area contributed by atoms with Crippen LogP contribution in [-0.4, -0.2) is 22.7 Å². The molecule has 124 valence electrons. The molecular weight excluding hydrogens is 312 g/mol. The van der Waals surface area contributed by atoms with Crippen molar-refractivity contribution in [1.29, 1.82) is 0 Å². The third-order valence-electron chi connectivity index (χ3n) is 4.22. The number of hydrogen-bond donors (Lipinski definition) is 1. The molecule has 0 bridgehead atoms. The first-order valence-corrected chi connectivity index (χ1v) is 9.03. The third-order valence-corrected chi connectivity index (χ3v) is 5.34. The van der Waals surface area contributed by atoms with Crippen LogP contribution in [-0.2, 0) is 11.3 Å². The van der Waals surface area contributed by atoms with E-state index < -0.39 is 0 Å². The molecule has 1 aliphatic rings. The first kappa shape index (κ1) is 16.1.